The molecule has 0 unspecified atom stereocenters. The molecule has 1 aromatic heterocycles. The van der Waals surface area contributed by atoms with Crippen molar-refractivity contribution < 1.29 is 19.1 Å². The maximum Gasteiger partial charge on any atom is 0.341 e. The molecule has 1 amide bonds. The van der Waals surface area contributed by atoms with Gasteiger partial charge in [-0.2, -0.15) is 0 Å². The van der Waals surface area contributed by atoms with Crippen molar-refractivity contribution in [1.29, 1.82) is 0 Å². The Bertz CT molecular complexity index is 1060. The minimum atomic E-state index is -0.472. The third-order valence-corrected chi connectivity index (χ3v) is 6.25. The van der Waals surface area contributed by atoms with Crippen LogP contribution in [0.15, 0.2) is 53.0 Å². The topological polar surface area (TPSA) is 64.6 Å². The average molecular weight is 502 g/mol. The van der Waals surface area contributed by atoms with Crippen LogP contribution in [0.4, 0.5) is 5.00 Å². The lowest BCUT2D eigenvalue weighted by Gasteiger charge is -2.09. The molecule has 0 aliphatic carbocycles. The van der Waals surface area contributed by atoms with Gasteiger partial charge < -0.3 is 14.8 Å². The van der Waals surface area contributed by atoms with E-state index in [0.29, 0.717) is 23.6 Å². The molecule has 0 saturated heterocycles. The molecule has 1 heterocycles. The summed E-state index contributed by atoms with van der Waals surface area (Å²) in [4.78, 5) is 26.0. The summed E-state index contributed by atoms with van der Waals surface area (Å²) in [5.74, 6) is 0.147. The van der Waals surface area contributed by atoms with E-state index in [-0.39, 0.29) is 12.3 Å². The Morgan fingerprint density at radius 2 is 1.71 bits per heavy atom. The van der Waals surface area contributed by atoms with E-state index in [2.05, 4.69) is 21.2 Å². The number of rotatable bonds is 8. The molecule has 0 atom stereocenters. The number of methoxy groups -OCH3 is 1. The number of carbonyl (C=O) groups excluding carboxylic acids is 2. The van der Waals surface area contributed by atoms with Crippen LogP contribution in [0.5, 0.6) is 5.75 Å². The minimum Gasteiger partial charge on any atom is -0.494 e. The molecule has 0 fully saturated rings. The highest BCUT2D eigenvalue weighted by Gasteiger charge is 2.25. The number of halogens is 1. The van der Waals surface area contributed by atoms with Gasteiger partial charge in [-0.15, -0.1) is 11.3 Å². The number of ether oxygens (including phenoxy) is 2. The number of thiophene rings is 1. The summed E-state index contributed by atoms with van der Waals surface area (Å²) in [6, 6.07) is 15.5. The summed E-state index contributed by atoms with van der Waals surface area (Å²) in [5.41, 5.74) is 3.23. The Hall–Kier alpha value is -2.64. The highest BCUT2D eigenvalue weighted by Crippen LogP contribution is 2.40. The van der Waals surface area contributed by atoms with Gasteiger partial charge in [0.25, 0.3) is 0 Å². The quantitative estimate of drug-likeness (QED) is 0.287. The fourth-order valence-corrected chi connectivity index (χ4v) is 4.48. The number of hydrogen-bond donors (Lipinski definition) is 1. The molecule has 0 spiro atoms. The van der Waals surface area contributed by atoms with E-state index >= 15 is 0 Å². The minimum absolute atomic E-state index is 0.165. The first-order chi connectivity index (χ1) is 14.9. The van der Waals surface area contributed by atoms with Crippen molar-refractivity contribution in [2.75, 3.05) is 19.0 Å². The van der Waals surface area contributed by atoms with Gasteiger partial charge in [0, 0.05) is 21.3 Å². The number of aryl methyl sites for hydroxylation is 2. The second-order valence-corrected chi connectivity index (χ2v) is 9.19. The lowest BCUT2D eigenvalue weighted by Crippen LogP contribution is -2.14. The lowest BCUT2D eigenvalue weighted by molar-refractivity contribution is -0.116. The molecule has 1 N–H and O–H groups in total. The summed E-state index contributed by atoms with van der Waals surface area (Å²) in [7, 11) is 1.34. The number of esters is 1. The Morgan fingerprint density at radius 3 is 2.35 bits per heavy atom. The maximum atomic E-state index is 12.5. The second-order valence-electron chi connectivity index (χ2n) is 7.05. The van der Waals surface area contributed by atoms with Crippen LogP contribution in [-0.2, 0) is 9.53 Å². The van der Waals surface area contributed by atoms with Gasteiger partial charge in [0.15, 0.2) is 0 Å². The van der Waals surface area contributed by atoms with Crippen LogP contribution < -0.4 is 10.1 Å². The summed E-state index contributed by atoms with van der Waals surface area (Å²) >= 11 is 4.80. The third-order valence-electron chi connectivity index (χ3n) is 4.70. The molecule has 0 bridgehead atoms. The van der Waals surface area contributed by atoms with Crippen molar-refractivity contribution in [3.8, 4) is 16.9 Å². The van der Waals surface area contributed by atoms with Crippen molar-refractivity contribution in [1.82, 2.24) is 0 Å². The number of hydrogen-bond acceptors (Lipinski definition) is 5. The number of anilines is 1. The molecule has 0 radical (unpaired) electrons. The zero-order chi connectivity index (χ0) is 22.4. The monoisotopic (exact) mass is 501 g/mol. The van der Waals surface area contributed by atoms with Crippen molar-refractivity contribution >= 4 is 44.1 Å². The number of benzene rings is 2. The van der Waals surface area contributed by atoms with Crippen molar-refractivity contribution in [2.45, 2.75) is 26.7 Å². The van der Waals surface area contributed by atoms with E-state index in [1.165, 1.54) is 24.0 Å². The standard InChI is InChI=1S/C24H24BrNO4S/c1-15-6-12-19(13-7-15)30-14-4-5-20(27)26-23-22(24(28)29-3)21(16(2)31-23)17-8-10-18(25)11-9-17/h6-13H,4-5,14H2,1-3H3,(H,26,27). The van der Waals surface area contributed by atoms with Gasteiger partial charge in [0.1, 0.15) is 16.3 Å². The van der Waals surface area contributed by atoms with Gasteiger partial charge in [0.05, 0.1) is 13.7 Å². The summed E-state index contributed by atoms with van der Waals surface area (Å²) < 4.78 is 11.6. The Balaban J connectivity index is 1.68. The molecule has 0 saturated carbocycles. The number of nitrogens with one attached hydrogen (secondary N) is 1. The summed E-state index contributed by atoms with van der Waals surface area (Å²) in [6.45, 7) is 4.39. The first-order valence-electron chi connectivity index (χ1n) is 9.86. The molecule has 5 nitrogen and oxygen atoms in total. The molecule has 0 aliphatic heterocycles. The smallest absolute Gasteiger partial charge is 0.341 e. The zero-order valence-electron chi connectivity index (χ0n) is 17.7. The third kappa shape index (κ3) is 5.95. The van der Waals surface area contributed by atoms with Crippen molar-refractivity contribution in [3.63, 3.8) is 0 Å². The number of amides is 1. The maximum absolute atomic E-state index is 12.5. The zero-order valence-corrected chi connectivity index (χ0v) is 20.1. The SMILES string of the molecule is COC(=O)c1c(NC(=O)CCCOc2ccc(C)cc2)sc(C)c1-c1ccc(Br)cc1. The van der Waals surface area contributed by atoms with Crippen LogP contribution in [0.2, 0.25) is 0 Å². The first kappa shape index (κ1) is 23.0. The van der Waals surface area contributed by atoms with Crippen LogP contribution in [0.25, 0.3) is 11.1 Å². The van der Waals surface area contributed by atoms with Gasteiger partial charge in [-0.1, -0.05) is 45.8 Å². The van der Waals surface area contributed by atoms with Gasteiger partial charge in [-0.3, -0.25) is 4.79 Å². The van der Waals surface area contributed by atoms with E-state index in [9.17, 15) is 9.59 Å². The highest BCUT2D eigenvalue weighted by molar-refractivity contribution is 9.10. The fourth-order valence-electron chi connectivity index (χ4n) is 3.14. The number of carbonyl (C=O) groups is 2. The highest BCUT2D eigenvalue weighted by atomic mass is 79.9. The molecule has 7 heteroatoms. The molecule has 2 aromatic carbocycles. The summed E-state index contributed by atoms with van der Waals surface area (Å²) in [6.07, 6.45) is 0.855. The van der Waals surface area contributed by atoms with E-state index in [4.69, 9.17) is 9.47 Å². The van der Waals surface area contributed by atoms with Crippen LogP contribution >= 0.6 is 27.3 Å². The van der Waals surface area contributed by atoms with Crippen molar-refractivity contribution in [2.24, 2.45) is 0 Å². The normalized spacial score (nSPS) is 10.6. The molecular weight excluding hydrogens is 478 g/mol. The van der Waals surface area contributed by atoms with Gasteiger partial charge in [-0.05, 0) is 50.1 Å². The second kappa shape index (κ2) is 10.6. The molecule has 31 heavy (non-hydrogen) atoms. The Kier molecular flexibility index (Phi) is 7.87. The first-order valence-corrected chi connectivity index (χ1v) is 11.5. The van der Waals surface area contributed by atoms with Crippen LogP contribution in [0.3, 0.4) is 0 Å². The van der Waals surface area contributed by atoms with Gasteiger partial charge in [0.2, 0.25) is 5.91 Å². The molecule has 3 rings (SSSR count). The molecule has 162 valence electrons. The van der Waals surface area contributed by atoms with E-state index in [1.54, 1.807) is 0 Å². The molecular formula is C24H24BrNO4S. The van der Waals surface area contributed by atoms with Gasteiger partial charge in [-0.25, -0.2) is 4.79 Å². The molecule has 0 aliphatic rings. The predicted molar refractivity (Wildman–Crippen MR) is 128 cm³/mol. The largest absolute Gasteiger partial charge is 0.494 e. The average Bonchev–Trinajstić information content (AvgIpc) is 3.08. The summed E-state index contributed by atoms with van der Waals surface area (Å²) in [5, 5.41) is 3.39. The predicted octanol–water partition coefficient (Wildman–Crippen LogP) is 6.38. The molecule has 3 aromatic rings. The Labute approximate surface area is 194 Å². The van der Waals surface area contributed by atoms with E-state index in [0.717, 1.165) is 26.2 Å². The van der Waals surface area contributed by atoms with Gasteiger partial charge >= 0.3 is 5.97 Å². The van der Waals surface area contributed by atoms with E-state index in [1.807, 2.05) is 62.4 Å². The van der Waals surface area contributed by atoms with Crippen molar-refractivity contribution in [3.05, 3.63) is 69.0 Å². The van der Waals surface area contributed by atoms with Crippen LogP contribution in [-0.4, -0.2) is 25.6 Å². The Morgan fingerprint density at radius 1 is 1.03 bits per heavy atom. The van der Waals surface area contributed by atoms with Crippen LogP contribution in [0.1, 0.15) is 33.6 Å². The lowest BCUT2D eigenvalue weighted by atomic mass is 10.0. The van der Waals surface area contributed by atoms with E-state index < -0.39 is 5.97 Å². The fraction of sp³-hybridized carbons (Fsp3) is 0.250. The van der Waals surface area contributed by atoms with Crippen LogP contribution in [0, 0.1) is 13.8 Å².